The highest BCUT2D eigenvalue weighted by Gasteiger charge is 2.33. The van der Waals surface area contributed by atoms with E-state index in [-0.39, 0.29) is 5.41 Å². The topological polar surface area (TPSA) is 9.86 Å². The third kappa shape index (κ3) is 3.17. The number of fused-ring (bicyclic) bond motifs is 9. The Morgan fingerprint density at radius 3 is 1.98 bits per heavy atom. The number of nitrogens with zero attached hydrogens (tertiary/aromatic N) is 2. The van der Waals surface area contributed by atoms with Crippen LogP contribution in [0, 0.1) is 0 Å². The summed E-state index contributed by atoms with van der Waals surface area (Å²) in [5.74, 6) is 0. The van der Waals surface area contributed by atoms with E-state index in [1.807, 2.05) is 11.8 Å². The minimum absolute atomic E-state index is 0.0844. The van der Waals surface area contributed by atoms with Crippen molar-refractivity contribution >= 4 is 55.4 Å². The molecular weight excluding hydrogens is 529 g/mol. The van der Waals surface area contributed by atoms with Crippen LogP contribution in [-0.2, 0) is 5.41 Å². The Morgan fingerprint density at radius 2 is 1.14 bits per heavy atom. The van der Waals surface area contributed by atoms with Crippen LogP contribution in [0.3, 0.4) is 0 Å². The zero-order valence-electron chi connectivity index (χ0n) is 23.5. The predicted molar refractivity (Wildman–Crippen MR) is 178 cm³/mol. The molecule has 200 valence electrons. The summed E-state index contributed by atoms with van der Waals surface area (Å²) in [4.78, 5) is 2.70. The molecule has 8 aromatic rings. The summed E-state index contributed by atoms with van der Waals surface area (Å²) in [5.41, 5.74) is 10.0. The molecule has 0 bridgehead atoms. The zero-order valence-corrected chi connectivity index (χ0v) is 24.3. The average Bonchev–Trinajstić information content (AvgIpc) is 3.54. The van der Waals surface area contributed by atoms with Gasteiger partial charge in [-0.3, -0.25) is 0 Å². The van der Waals surface area contributed by atoms with Gasteiger partial charge in [0.1, 0.15) is 0 Å². The molecule has 42 heavy (non-hydrogen) atoms. The van der Waals surface area contributed by atoms with Gasteiger partial charge in [-0.25, -0.2) is 0 Å². The number of rotatable bonds is 2. The van der Waals surface area contributed by atoms with Crippen LogP contribution in [0.25, 0.3) is 55.0 Å². The molecule has 2 aromatic heterocycles. The molecule has 3 heteroatoms. The molecule has 0 amide bonds. The maximum Gasteiger partial charge on any atom is 0.0641 e. The van der Waals surface area contributed by atoms with Crippen molar-refractivity contribution in [1.29, 1.82) is 0 Å². The first kappa shape index (κ1) is 23.9. The summed E-state index contributed by atoms with van der Waals surface area (Å²) in [6, 6.07) is 49.0. The van der Waals surface area contributed by atoms with Gasteiger partial charge in [0, 0.05) is 48.1 Å². The second-order valence-electron chi connectivity index (χ2n) is 11.8. The highest BCUT2D eigenvalue weighted by Crippen LogP contribution is 2.50. The van der Waals surface area contributed by atoms with Crippen molar-refractivity contribution in [3.05, 3.63) is 145 Å². The van der Waals surface area contributed by atoms with Gasteiger partial charge in [0.15, 0.2) is 0 Å². The normalized spacial score (nSPS) is 14.0. The second-order valence-corrected chi connectivity index (χ2v) is 12.9. The van der Waals surface area contributed by atoms with Crippen molar-refractivity contribution in [3.8, 4) is 11.4 Å². The molecule has 1 aliphatic rings. The molecule has 0 unspecified atom stereocenters. The lowest BCUT2D eigenvalue weighted by Crippen LogP contribution is -2.24. The van der Waals surface area contributed by atoms with Gasteiger partial charge in [-0.05, 0) is 65.7 Å². The van der Waals surface area contributed by atoms with Gasteiger partial charge in [-0.15, -0.1) is 0 Å². The summed E-state index contributed by atoms with van der Waals surface area (Å²) in [7, 11) is 0. The minimum Gasteiger partial charge on any atom is -0.309 e. The van der Waals surface area contributed by atoms with E-state index in [2.05, 4.69) is 156 Å². The Hall–Kier alpha value is -4.73. The zero-order chi connectivity index (χ0) is 28.0. The molecule has 0 atom stereocenters. The van der Waals surface area contributed by atoms with Gasteiger partial charge in [-0.2, -0.15) is 0 Å². The molecule has 0 spiro atoms. The van der Waals surface area contributed by atoms with Crippen molar-refractivity contribution in [1.82, 2.24) is 9.13 Å². The standard InChI is InChI=1S/C39H28N2S/c1-39(2)30-16-8-11-19-35(30)42-36-23-20-26(24-31(36)39)40-33-18-10-7-15-29(33)37-34(40)22-21-28-27-14-6-9-17-32(27)41(38(28)37)25-12-4-3-5-13-25/h3-24H,1-2H3. The van der Waals surface area contributed by atoms with Crippen LogP contribution in [0.2, 0.25) is 0 Å². The Bertz CT molecular complexity index is 2350. The van der Waals surface area contributed by atoms with Crippen LogP contribution in [-0.4, -0.2) is 9.13 Å². The first-order valence-corrected chi connectivity index (χ1v) is 15.4. The number of para-hydroxylation sites is 3. The van der Waals surface area contributed by atoms with Crippen LogP contribution in [0.15, 0.2) is 143 Å². The molecule has 0 saturated heterocycles. The third-order valence-electron chi connectivity index (χ3n) is 9.16. The summed E-state index contributed by atoms with van der Waals surface area (Å²) < 4.78 is 4.92. The van der Waals surface area contributed by atoms with Gasteiger partial charge in [0.25, 0.3) is 0 Å². The van der Waals surface area contributed by atoms with Crippen molar-refractivity contribution in [2.24, 2.45) is 0 Å². The highest BCUT2D eigenvalue weighted by atomic mass is 32.2. The fourth-order valence-electron chi connectivity index (χ4n) is 7.20. The molecular formula is C39H28N2S. The summed E-state index contributed by atoms with van der Waals surface area (Å²) in [5, 5.41) is 5.13. The van der Waals surface area contributed by atoms with Crippen LogP contribution in [0.5, 0.6) is 0 Å². The van der Waals surface area contributed by atoms with Gasteiger partial charge in [-0.1, -0.05) is 104 Å². The molecule has 6 aromatic carbocycles. The van der Waals surface area contributed by atoms with Crippen molar-refractivity contribution in [2.45, 2.75) is 29.1 Å². The van der Waals surface area contributed by atoms with Crippen molar-refractivity contribution < 1.29 is 0 Å². The molecule has 0 radical (unpaired) electrons. The molecule has 0 N–H and O–H groups in total. The van der Waals surface area contributed by atoms with Gasteiger partial charge >= 0.3 is 0 Å². The maximum atomic E-state index is 2.47. The average molecular weight is 557 g/mol. The largest absolute Gasteiger partial charge is 0.309 e. The van der Waals surface area contributed by atoms with E-state index < -0.39 is 0 Å². The lowest BCUT2D eigenvalue weighted by atomic mass is 9.77. The van der Waals surface area contributed by atoms with Gasteiger partial charge in [0.05, 0.1) is 22.1 Å². The van der Waals surface area contributed by atoms with Crippen LogP contribution in [0.4, 0.5) is 0 Å². The second kappa shape index (κ2) is 8.64. The smallest absolute Gasteiger partial charge is 0.0641 e. The summed E-state index contributed by atoms with van der Waals surface area (Å²) in [6.45, 7) is 4.73. The fraction of sp³-hybridized carbons (Fsp3) is 0.0769. The molecule has 1 aliphatic heterocycles. The number of hydrogen-bond donors (Lipinski definition) is 0. The Labute approximate surface area is 248 Å². The molecule has 9 rings (SSSR count). The minimum atomic E-state index is -0.0844. The van der Waals surface area contributed by atoms with Crippen LogP contribution < -0.4 is 0 Å². The third-order valence-corrected chi connectivity index (χ3v) is 10.3. The Balaban J connectivity index is 1.39. The van der Waals surface area contributed by atoms with Crippen molar-refractivity contribution in [3.63, 3.8) is 0 Å². The molecule has 0 fully saturated rings. The van der Waals surface area contributed by atoms with E-state index in [0.29, 0.717) is 0 Å². The van der Waals surface area contributed by atoms with E-state index in [4.69, 9.17) is 0 Å². The first-order valence-electron chi connectivity index (χ1n) is 14.5. The van der Waals surface area contributed by atoms with E-state index in [9.17, 15) is 0 Å². The lowest BCUT2D eigenvalue weighted by molar-refractivity contribution is 0.607. The summed E-state index contributed by atoms with van der Waals surface area (Å²) in [6.07, 6.45) is 0. The lowest BCUT2D eigenvalue weighted by Gasteiger charge is -2.35. The van der Waals surface area contributed by atoms with Crippen LogP contribution >= 0.6 is 11.8 Å². The van der Waals surface area contributed by atoms with E-state index >= 15 is 0 Å². The van der Waals surface area contributed by atoms with Crippen molar-refractivity contribution in [2.75, 3.05) is 0 Å². The molecule has 2 nitrogen and oxygen atoms in total. The quantitative estimate of drug-likeness (QED) is 0.206. The predicted octanol–water partition coefficient (Wildman–Crippen LogP) is 10.7. The van der Waals surface area contributed by atoms with E-state index in [1.54, 1.807) is 0 Å². The monoisotopic (exact) mass is 556 g/mol. The SMILES string of the molecule is CC1(C)c2ccccc2Sc2ccc(-n3c4ccccc4c4c3ccc3c5ccccc5n(-c5ccccc5)c34)cc21. The number of aromatic nitrogens is 2. The Morgan fingerprint density at radius 1 is 0.476 bits per heavy atom. The Kier molecular flexibility index (Phi) is 4.92. The van der Waals surface area contributed by atoms with Gasteiger partial charge < -0.3 is 9.13 Å². The molecule has 0 aliphatic carbocycles. The van der Waals surface area contributed by atoms with Crippen LogP contribution in [0.1, 0.15) is 25.0 Å². The molecule has 3 heterocycles. The maximum absolute atomic E-state index is 2.47. The highest BCUT2D eigenvalue weighted by molar-refractivity contribution is 7.99. The van der Waals surface area contributed by atoms with Gasteiger partial charge in [0.2, 0.25) is 0 Å². The molecule has 0 saturated carbocycles. The first-order chi connectivity index (χ1) is 20.6. The van der Waals surface area contributed by atoms with E-state index in [1.165, 1.54) is 75.9 Å². The van der Waals surface area contributed by atoms with E-state index in [0.717, 1.165) is 0 Å². The number of benzene rings is 6. The number of hydrogen-bond acceptors (Lipinski definition) is 1. The fourth-order valence-corrected chi connectivity index (χ4v) is 8.58. The summed E-state index contributed by atoms with van der Waals surface area (Å²) >= 11 is 1.89.